The van der Waals surface area contributed by atoms with Crippen LogP contribution in [0, 0.1) is 18.7 Å². The van der Waals surface area contributed by atoms with Crippen molar-refractivity contribution in [2.75, 3.05) is 6.61 Å². The fourth-order valence-electron chi connectivity index (χ4n) is 4.60. The molecule has 1 aromatic heterocycles. The lowest BCUT2D eigenvalue weighted by Crippen LogP contribution is -2.19. The van der Waals surface area contributed by atoms with Gasteiger partial charge in [-0.05, 0) is 73.1 Å². The molecule has 0 saturated heterocycles. The molecule has 32 heavy (non-hydrogen) atoms. The lowest BCUT2D eigenvalue weighted by molar-refractivity contribution is -0.142. The van der Waals surface area contributed by atoms with Crippen LogP contribution in [0.5, 0.6) is 5.75 Å². The molecule has 0 saturated carbocycles. The zero-order valence-electron chi connectivity index (χ0n) is 18.4. The number of ether oxygens (including phenoxy) is 1. The summed E-state index contributed by atoms with van der Waals surface area (Å²) in [6, 6.07) is 12.3. The number of hydrogen-bond donors (Lipinski definition) is 1. The monoisotopic (exact) mass is 437 g/mol. The largest absolute Gasteiger partial charge is 0.493 e. The molecule has 5 nitrogen and oxygen atoms in total. The molecule has 0 amide bonds. The van der Waals surface area contributed by atoms with Crippen molar-refractivity contribution in [3.8, 4) is 5.75 Å². The van der Waals surface area contributed by atoms with Crippen LogP contribution in [-0.2, 0) is 24.1 Å². The first-order valence-electron chi connectivity index (χ1n) is 11.1. The van der Waals surface area contributed by atoms with Crippen LogP contribution < -0.4 is 4.74 Å². The van der Waals surface area contributed by atoms with Gasteiger partial charge in [-0.25, -0.2) is 9.37 Å². The number of carbonyl (C=O) groups is 1. The summed E-state index contributed by atoms with van der Waals surface area (Å²) < 4.78 is 24.8. The van der Waals surface area contributed by atoms with E-state index < -0.39 is 5.97 Å². The van der Waals surface area contributed by atoms with Crippen molar-refractivity contribution in [2.45, 2.75) is 51.9 Å². The first-order chi connectivity index (χ1) is 15.4. The molecule has 0 radical (unpaired) electrons. The van der Waals surface area contributed by atoms with Crippen molar-refractivity contribution in [2.24, 2.45) is 5.92 Å². The molecular formula is C26H28FNO4. The maximum absolute atomic E-state index is 13.1. The third kappa shape index (κ3) is 4.85. The van der Waals surface area contributed by atoms with Gasteiger partial charge in [-0.1, -0.05) is 25.1 Å². The van der Waals surface area contributed by atoms with Crippen molar-refractivity contribution >= 4 is 5.97 Å². The van der Waals surface area contributed by atoms with Gasteiger partial charge in [0.1, 0.15) is 17.3 Å². The molecule has 1 N–H and O–H groups in total. The van der Waals surface area contributed by atoms with Crippen LogP contribution in [-0.4, -0.2) is 22.7 Å². The number of hydrogen-bond acceptors (Lipinski definition) is 4. The van der Waals surface area contributed by atoms with Crippen molar-refractivity contribution in [1.82, 2.24) is 4.98 Å². The summed E-state index contributed by atoms with van der Waals surface area (Å²) in [7, 11) is 0. The summed E-state index contributed by atoms with van der Waals surface area (Å²) in [5.74, 6) is 0.941. The van der Waals surface area contributed by atoms with Crippen LogP contribution in [0.15, 0.2) is 46.9 Å². The molecule has 2 unspecified atom stereocenters. The molecule has 0 aliphatic heterocycles. The van der Waals surface area contributed by atoms with E-state index in [-0.39, 0.29) is 17.7 Å². The van der Waals surface area contributed by atoms with E-state index in [1.54, 1.807) is 12.1 Å². The molecule has 6 heteroatoms. The highest BCUT2D eigenvalue weighted by atomic mass is 19.1. The maximum Gasteiger partial charge on any atom is 0.307 e. The lowest BCUT2D eigenvalue weighted by Gasteiger charge is -2.19. The Morgan fingerprint density at radius 1 is 1.28 bits per heavy atom. The molecule has 2 atom stereocenters. The number of carboxylic acid groups (broad SMARTS) is 1. The molecule has 168 valence electrons. The first kappa shape index (κ1) is 22.1. The van der Waals surface area contributed by atoms with Gasteiger partial charge >= 0.3 is 5.97 Å². The number of oxazole rings is 1. The number of aromatic nitrogens is 1. The SMILES string of the molecule is CCC(C(=O)O)C1CCc2cc(OCCc3nc(Cc4ccc(F)cc4)oc3C)ccc21. The third-order valence-corrected chi connectivity index (χ3v) is 6.29. The maximum atomic E-state index is 13.1. The minimum atomic E-state index is -0.715. The van der Waals surface area contributed by atoms with Crippen molar-refractivity contribution in [1.29, 1.82) is 0 Å². The highest BCUT2D eigenvalue weighted by Gasteiger charge is 2.33. The Kier molecular flexibility index (Phi) is 6.58. The summed E-state index contributed by atoms with van der Waals surface area (Å²) in [6.45, 7) is 4.29. The highest BCUT2D eigenvalue weighted by molar-refractivity contribution is 5.71. The quantitative estimate of drug-likeness (QED) is 0.480. The second kappa shape index (κ2) is 9.55. The summed E-state index contributed by atoms with van der Waals surface area (Å²) in [4.78, 5) is 16.1. The van der Waals surface area contributed by atoms with E-state index in [2.05, 4.69) is 4.98 Å². The molecule has 1 aliphatic rings. The van der Waals surface area contributed by atoms with Gasteiger partial charge in [0.2, 0.25) is 0 Å². The molecule has 0 spiro atoms. The molecule has 1 aliphatic carbocycles. The summed E-state index contributed by atoms with van der Waals surface area (Å²) in [6.07, 6.45) is 3.53. The fourth-order valence-corrected chi connectivity index (χ4v) is 4.60. The lowest BCUT2D eigenvalue weighted by atomic mass is 9.85. The third-order valence-electron chi connectivity index (χ3n) is 6.29. The van der Waals surface area contributed by atoms with Gasteiger partial charge in [0.25, 0.3) is 0 Å². The second-order valence-corrected chi connectivity index (χ2v) is 8.37. The number of rotatable bonds is 9. The van der Waals surface area contributed by atoms with Gasteiger partial charge in [-0.2, -0.15) is 0 Å². The number of halogens is 1. The highest BCUT2D eigenvalue weighted by Crippen LogP contribution is 2.41. The molecule has 0 fully saturated rings. The zero-order valence-corrected chi connectivity index (χ0v) is 18.4. The van der Waals surface area contributed by atoms with Crippen LogP contribution in [0.1, 0.15) is 59.7 Å². The minimum Gasteiger partial charge on any atom is -0.493 e. The average molecular weight is 438 g/mol. The number of carboxylic acids is 1. The van der Waals surface area contributed by atoms with Crippen LogP contribution in [0.25, 0.3) is 0 Å². The van der Waals surface area contributed by atoms with E-state index in [1.165, 1.54) is 17.7 Å². The van der Waals surface area contributed by atoms with E-state index in [9.17, 15) is 14.3 Å². The second-order valence-electron chi connectivity index (χ2n) is 8.37. The molecule has 1 heterocycles. The first-order valence-corrected chi connectivity index (χ1v) is 11.1. The van der Waals surface area contributed by atoms with E-state index >= 15 is 0 Å². The average Bonchev–Trinajstić information content (AvgIpc) is 3.33. The Labute approximate surface area is 187 Å². The van der Waals surface area contributed by atoms with Crippen LogP contribution in [0.3, 0.4) is 0 Å². The summed E-state index contributed by atoms with van der Waals surface area (Å²) >= 11 is 0. The van der Waals surface area contributed by atoms with Gasteiger partial charge in [0, 0.05) is 12.8 Å². The van der Waals surface area contributed by atoms with Gasteiger partial charge in [-0.3, -0.25) is 4.79 Å². The molecule has 0 bridgehead atoms. The standard InChI is InChI=1S/C26H28FNO4/c1-3-21(26(29)30)23-10-6-18-15-20(9-11-22(18)23)31-13-12-24-16(2)32-25(28-24)14-17-4-7-19(27)8-5-17/h4-5,7-9,11,15,21,23H,3,6,10,12-14H2,1-2H3,(H,29,30). The van der Waals surface area contributed by atoms with Crippen LogP contribution >= 0.6 is 0 Å². The van der Waals surface area contributed by atoms with E-state index in [4.69, 9.17) is 9.15 Å². The predicted octanol–water partition coefficient (Wildman–Crippen LogP) is 5.48. The molecule has 4 rings (SSSR count). The smallest absolute Gasteiger partial charge is 0.307 e. The Hall–Kier alpha value is -3.15. The Bertz CT molecular complexity index is 1090. The topological polar surface area (TPSA) is 72.6 Å². The summed E-state index contributed by atoms with van der Waals surface area (Å²) in [5, 5.41) is 9.50. The van der Waals surface area contributed by atoms with Crippen molar-refractivity contribution < 1.29 is 23.4 Å². The predicted molar refractivity (Wildman–Crippen MR) is 119 cm³/mol. The summed E-state index contributed by atoms with van der Waals surface area (Å²) in [5.41, 5.74) is 4.13. The Morgan fingerprint density at radius 3 is 2.78 bits per heavy atom. The van der Waals surface area contributed by atoms with E-state index in [1.807, 2.05) is 32.0 Å². The zero-order chi connectivity index (χ0) is 22.7. The Balaban J connectivity index is 1.35. The fraction of sp³-hybridized carbons (Fsp3) is 0.385. The van der Waals surface area contributed by atoms with Crippen LogP contribution in [0.2, 0.25) is 0 Å². The van der Waals surface area contributed by atoms with Gasteiger partial charge < -0.3 is 14.3 Å². The van der Waals surface area contributed by atoms with Gasteiger partial charge in [0.15, 0.2) is 5.89 Å². The number of nitrogens with zero attached hydrogens (tertiary/aromatic N) is 1. The van der Waals surface area contributed by atoms with Crippen LogP contribution in [0.4, 0.5) is 4.39 Å². The molecule has 3 aromatic rings. The number of benzene rings is 2. The minimum absolute atomic E-state index is 0.0823. The van der Waals surface area contributed by atoms with Gasteiger partial charge in [-0.15, -0.1) is 0 Å². The van der Waals surface area contributed by atoms with E-state index in [0.29, 0.717) is 31.8 Å². The van der Waals surface area contributed by atoms with Crippen molar-refractivity contribution in [3.05, 3.63) is 82.3 Å². The number of aliphatic carboxylic acids is 1. The van der Waals surface area contributed by atoms with E-state index in [0.717, 1.165) is 41.2 Å². The normalized spacial score (nSPS) is 16.0. The number of fused-ring (bicyclic) bond motifs is 1. The molecular weight excluding hydrogens is 409 g/mol. The molecule has 2 aromatic carbocycles. The Morgan fingerprint density at radius 2 is 2.06 bits per heavy atom. The van der Waals surface area contributed by atoms with Crippen molar-refractivity contribution in [3.63, 3.8) is 0 Å². The number of aryl methyl sites for hydroxylation is 2. The van der Waals surface area contributed by atoms with Gasteiger partial charge in [0.05, 0.1) is 18.2 Å².